The summed E-state index contributed by atoms with van der Waals surface area (Å²) < 4.78 is 1.18. The number of hydrogen-bond donors (Lipinski definition) is 1. The van der Waals surface area contributed by atoms with E-state index in [1.807, 2.05) is 0 Å². The largest absolute Gasteiger partial charge is 0.329 e. The summed E-state index contributed by atoms with van der Waals surface area (Å²) in [5, 5.41) is 0. The van der Waals surface area contributed by atoms with E-state index in [0.29, 0.717) is 24.5 Å². The van der Waals surface area contributed by atoms with Crippen molar-refractivity contribution in [1.82, 2.24) is 4.90 Å². The standard InChI is InChI=1S/C16H25BrN2/c1-11(2)15-5-4-8-19(15)16(10-18)13-7-6-12(3)14(17)9-13/h6-7,9,11,15-16H,4-5,8,10,18H2,1-3H3. The fourth-order valence-corrected chi connectivity index (χ4v) is 3.59. The van der Waals surface area contributed by atoms with Gasteiger partial charge in [-0.05, 0) is 49.4 Å². The summed E-state index contributed by atoms with van der Waals surface area (Å²) in [6, 6.07) is 7.68. The lowest BCUT2D eigenvalue weighted by Gasteiger charge is -2.35. The number of nitrogens with two attached hydrogens (primary N) is 1. The Balaban J connectivity index is 2.26. The zero-order valence-corrected chi connectivity index (χ0v) is 13.8. The minimum absolute atomic E-state index is 0.354. The van der Waals surface area contributed by atoms with Crippen LogP contribution in [-0.2, 0) is 0 Å². The van der Waals surface area contributed by atoms with E-state index in [0.717, 1.165) is 0 Å². The van der Waals surface area contributed by atoms with Gasteiger partial charge in [-0.15, -0.1) is 0 Å². The van der Waals surface area contributed by atoms with Crippen LogP contribution in [0.1, 0.15) is 43.9 Å². The first-order valence-electron chi connectivity index (χ1n) is 7.26. The predicted octanol–water partition coefficient (Wildman–Crippen LogP) is 3.88. The number of rotatable bonds is 4. The predicted molar refractivity (Wildman–Crippen MR) is 85.2 cm³/mol. The fraction of sp³-hybridized carbons (Fsp3) is 0.625. The molecule has 19 heavy (non-hydrogen) atoms. The molecule has 106 valence electrons. The third-order valence-corrected chi connectivity index (χ3v) is 5.17. The van der Waals surface area contributed by atoms with E-state index in [9.17, 15) is 0 Å². The van der Waals surface area contributed by atoms with Crippen molar-refractivity contribution < 1.29 is 0 Å². The Kier molecular flexibility index (Phi) is 5.04. The first kappa shape index (κ1) is 15.0. The normalized spacial score (nSPS) is 22.1. The third kappa shape index (κ3) is 3.21. The van der Waals surface area contributed by atoms with Gasteiger partial charge in [-0.25, -0.2) is 0 Å². The summed E-state index contributed by atoms with van der Waals surface area (Å²) in [6.07, 6.45) is 2.60. The Morgan fingerprint density at radius 3 is 2.74 bits per heavy atom. The monoisotopic (exact) mass is 324 g/mol. The summed E-state index contributed by atoms with van der Waals surface area (Å²) in [6.45, 7) is 8.64. The third-order valence-electron chi connectivity index (χ3n) is 4.32. The van der Waals surface area contributed by atoms with Crippen molar-refractivity contribution in [3.8, 4) is 0 Å². The lowest BCUT2D eigenvalue weighted by Crippen LogP contribution is -2.39. The Morgan fingerprint density at radius 2 is 2.16 bits per heavy atom. The van der Waals surface area contributed by atoms with E-state index in [-0.39, 0.29) is 0 Å². The van der Waals surface area contributed by atoms with Crippen molar-refractivity contribution in [2.24, 2.45) is 11.7 Å². The van der Waals surface area contributed by atoms with Crippen LogP contribution in [0.3, 0.4) is 0 Å². The average Bonchev–Trinajstić information content (AvgIpc) is 2.84. The molecule has 2 unspecified atom stereocenters. The van der Waals surface area contributed by atoms with Crippen molar-refractivity contribution in [1.29, 1.82) is 0 Å². The number of likely N-dealkylation sites (tertiary alicyclic amines) is 1. The van der Waals surface area contributed by atoms with Crippen LogP contribution in [0.25, 0.3) is 0 Å². The maximum Gasteiger partial charge on any atom is 0.0473 e. The van der Waals surface area contributed by atoms with Gasteiger partial charge in [-0.1, -0.05) is 41.9 Å². The second-order valence-corrected chi connectivity index (χ2v) is 6.81. The molecule has 1 aliphatic heterocycles. The van der Waals surface area contributed by atoms with Gasteiger partial charge in [0.25, 0.3) is 0 Å². The molecule has 0 spiro atoms. The molecule has 0 radical (unpaired) electrons. The molecule has 3 heteroatoms. The molecular weight excluding hydrogens is 300 g/mol. The van der Waals surface area contributed by atoms with Crippen LogP contribution in [0.4, 0.5) is 0 Å². The first-order chi connectivity index (χ1) is 9.04. The highest BCUT2D eigenvalue weighted by Crippen LogP contribution is 2.33. The summed E-state index contributed by atoms with van der Waals surface area (Å²) >= 11 is 3.64. The summed E-state index contributed by atoms with van der Waals surface area (Å²) in [4.78, 5) is 2.61. The number of aryl methyl sites for hydroxylation is 1. The molecule has 1 heterocycles. The highest BCUT2D eigenvalue weighted by Gasteiger charge is 2.32. The molecule has 0 saturated carbocycles. The van der Waals surface area contributed by atoms with Gasteiger partial charge in [0, 0.05) is 23.1 Å². The second kappa shape index (κ2) is 6.38. The average molecular weight is 325 g/mol. The zero-order chi connectivity index (χ0) is 14.0. The van der Waals surface area contributed by atoms with Crippen LogP contribution >= 0.6 is 15.9 Å². The molecule has 0 aliphatic carbocycles. The maximum absolute atomic E-state index is 6.08. The van der Waals surface area contributed by atoms with E-state index >= 15 is 0 Å². The minimum Gasteiger partial charge on any atom is -0.329 e. The van der Waals surface area contributed by atoms with Gasteiger partial charge in [-0.2, -0.15) is 0 Å². The quantitative estimate of drug-likeness (QED) is 0.910. The van der Waals surface area contributed by atoms with Crippen LogP contribution in [-0.4, -0.2) is 24.0 Å². The molecule has 1 fully saturated rings. The van der Waals surface area contributed by atoms with Crippen molar-refractivity contribution in [3.63, 3.8) is 0 Å². The molecule has 1 saturated heterocycles. The summed E-state index contributed by atoms with van der Waals surface area (Å²) in [7, 11) is 0. The molecular formula is C16H25BrN2. The SMILES string of the molecule is Cc1ccc(C(CN)N2CCCC2C(C)C)cc1Br. The van der Waals surface area contributed by atoms with Crippen molar-refractivity contribution in [2.75, 3.05) is 13.1 Å². The molecule has 0 amide bonds. The van der Waals surface area contributed by atoms with Crippen molar-refractivity contribution in [3.05, 3.63) is 33.8 Å². The van der Waals surface area contributed by atoms with Gasteiger partial charge in [0.2, 0.25) is 0 Å². The number of hydrogen-bond acceptors (Lipinski definition) is 2. The van der Waals surface area contributed by atoms with Crippen LogP contribution < -0.4 is 5.73 Å². The lowest BCUT2D eigenvalue weighted by atomic mass is 9.98. The van der Waals surface area contributed by atoms with E-state index in [1.54, 1.807) is 0 Å². The van der Waals surface area contributed by atoms with Crippen LogP contribution in [0.2, 0.25) is 0 Å². The molecule has 0 bridgehead atoms. The molecule has 1 aliphatic rings. The Bertz CT molecular complexity index is 431. The maximum atomic E-state index is 6.08. The van der Waals surface area contributed by atoms with Gasteiger partial charge >= 0.3 is 0 Å². The lowest BCUT2D eigenvalue weighted by molar-refractivity contribution is 0.149. The molecule has 2 rings (SSSR count). The van der Waals surface area contributed by atoms with Crippen molar-refractivity contribution in [2.45, 2.75) is 45.7 Å². The van der Waals surface area contributed by atoms with E-state index in [2.05, 4.69) is 59.8 Å². The van der Waals surface area contributed by atoms with Crippen LogP contribution in [0, 0.1) is 12.8 Å². The number of nitrogens with zero attached hydrogens (tertiary/aromatic N) is 1. The minimum atomic E-state index is 0.354. The Hall–Kier alpha value is -0.380. The smallest absolute Gasteiger partial charge is 0.0473 e. The van der Waals surface area contributed by atoms with Gasteiger partial charge in [-0.3, -0.25) is 4.90 Å². The van der Waals surface area contributed by atoms with Crippen LogP contribution in [0.5, 0.6) is 0 Å². The first-order valence-corrected chi connectivity index (χ1v) is 8.05. The second-order valence-electron chi connectivity index (χ2n) is 5.95. The number of benzene rings is 1. The topological polar surface area (TPSA) is 29.3 Å². The highest BCUT2D eigenvalue weighted by atomic mass is 79.9. The highest BCUT2D eigenvalue weighted by molar-refractivity contribution is 9.10. The van der Waals surface area contributed by atoms with Gasteiger partial charge in [0.05, 0.1) is 0 Å². The molecule has 1 aromatic carbocycles. The van der Waals surface area contributed by atoms with Gasteiger partial charge < -0.3 is 5.73 Å². The van der Waals surface area contributed by atoms with E-state index in [1.165, 1.54) is 35.0 Å². The summed E-state index contributed by atoms with van der Waals surface area (Å²) in [5.41, 5.74) is 8.70. The number of halogens is 1. The molecule has 1 aromatic rings. The van der Waals surface area contributed by atoms with Crippen LogP contribution in [0.15, 0.2) is 22.7 Å². The molecule has 2 nitrogen and oxygen atoms in total. The Morgan fingerprint density at radius 1 is 1.42 bits per heavy atom. The van der Waals surface area contributed by atoms with Gasteiger partial charge in [0.1, 0.15) is 0 Å². The molecule has 2 atom stereocenters. The zero-order valence-electron chi connectivity index (χ0n) is 12.2. The van der Waals surface area contributed by atoms with E-state index in [4.69, 9.17) is 5.73 Å². The van der Waals surface area contributed by atoms with Crippen molar-refractivity contribution >= 4 is 15.9 Å². The van der Waals surface area contributed by atoms with E-state index < -0.39 is 0 Å². The Labute approximate surface area is 125 Å². The fourth-order valence-electron chi connectivity index (χ4n) is 3.20. The molecule has 0 aromatic heterocycles. The summed E-state index contributed by atoms with van der Waals surface area (Å²) in [5.74, 6) is 0.699. The molecule has 2 N–H and O–H groups in total. The van der Waals surface area contributed by atoms with Gasteiger partial charge in [0.15, 0.2) is 0 Å².